The van der Waals surface area contributed by atoms with Gasteiger partial charge in [-0.15, -0.1) is 12.4 Å². The highest BCUT2D eigenvalue weighted by Gasteiger charge is 2.19. The third-order valence-electron chi connectivity index (χ3n) is 4.32. The van der Waals surface area contributed by atoms with Gasteiger partial charge in [-0.2, -0.15) is 4.98 Å². The van der Waals surface area contributed by atoms with Crippen LogP contribution in [0.25, 0.3) is 11.4 Å². The van der Waals surface area contributed by atoms with Gasteiger partial charge in [0.1, 0.15) is 0 Å². The SMILES string of the molecule is COc1cc(-c2noc(CC3CCCNCC3)n2)cc(Cl)c1OC.Cl. The lowest BCUT2D eigenvalue weighted by Gasteiger charge is -2.10. The molecular formula is C17H23Cl2N3O3. The van der Waals surface area contributed by atoms with E-state index in [0.29, 0.717) is 34.2 Å². The normalized spacial score (nSPS) is 17.5. The van der Waals surface area contributed by atoms with Gasteiger partial charge in [0.25, 0.3) is 0 Å². The van der Waals surface area contributed by atoms with Crippen molar-refractivity contribution in [1.29, 1.82) is 0 Å². The molecule has 1 unspecified atom stereocenters. The molecular weight excluding hydrogens is 365 g/mol. The van der Waals surface area contributed by atoms with Gasteiger partial charge in [0, 0.05) is 12.0 Å². The van der Waals surface area contributed by atoms with Crippen LogP contribution in [0.2, 0.25) is 5.02 Å². The van der Waals surface area contributed by atoms with Gasteiger partial charge < -0.3 is 19.3 Å². The molecule has 2 aromatic rings. The van der Waals surface area contributed by atoms with Crippen molar-refractivity contribution >= 4 is 24.0 Å². The zero-order chi connectivity index (χ0) is 16.9. The summed E-state index contributed by atoms with van der Waals surface area (Å²) in [6.07, 6.45) is 4.33. The highest BCUT2D eigenvalue weighted by Crippen LogP contribution is 2.38. The van der Waals surface area contributed by atoms with Crippen molar-refractivity contribution in [1.82, 2.24) is 15.5 Å². The molecule has 1 aromatic heterocycles. The van der Waals surface area contributed by atoms with E-state index in [1.807, 2.05) is 0 Å². The minimum absolute atomic E-state index is 0. The van der Waals surface area contributed by atoms with Gasteiger partial charge in [0.2, 0.25) is 11.7 Å². The number of methoxy groups -OCH3 is 2. The van der Waals surface area contributed by atoms with E-state index in [2.05, 4.69) is 15.5 Å². The number of rotatable bonds is 5. The second-order valence-corrected chi connectivity index (χ2v) is 6.36. The molecule has 0 saturated carbocycles. The number of aromatic nitrogens is 2. The van der Waals surface area contributed by atoms with E-state index in [1.165, 1.54) is 12.8 Å². The Kier molecular flexibility index (Phi) is 7.35. The van der Waals surface area contributed by atoms with Gasteiger partial charge in [-0.3, -0.25) is 0 Å². The Labute approximate surface area is 158 Å². The van der Waals surface area contributed by atoms with E-state index in [1.54, 1.807) is 26.4 Å². The molecule has 3 rings (SSSR count). The van der Waals surface area contributed by atoms with Crippen LogP contribution in [-0.4, -0.2) is 37.4 Å². The molecule has 1 aliphatic heterocycles. The number of halogens is 2. The maximum atomic E-state index is 6.25. The second-order valence-electron chi connectivity index (χ2n) is 5.96. The molecule has 1 atom stereocenters. The molecule has 0 bridgehead atoms. The van der Waals surface area contributed by atoms with E-state index in [9.17, 15) is 0 Å². The fraction of sp³-hybridized carbons (Fsp3) is 0.529. The predicted octanol–water partition coefficient (Wildman–Crippen LogP) is 3.76. The average Bonchev–Trinajstić information content (AvgIpc) is 2.90. The lowest BCUT2D eigenvalue weighted by molar-refractivity contribution is 0.341. The summed E-state index contributed by atoms with van der Waals surface area (Å²) < 4.78 is 16.0. The van der Waals surface area contributed by atoms with Gasteiger partial charge in [-0.05, 0) is 50.4 Å². The molecule has 1 fully saturated rings. The molecule has 0 spiro atoms. The van der Waals surface area contributed by atoms with Gasteiger partial charge in [0.15, 0.2) is 11.5 Å². The molecule has 8 heteroatoms. The van der Waals surface area contributed by atoms with Crippen molar-refractivity contribution in [3.63, 3.8) is 0 Å². The van der Waals surface area contributed by atoms with E-state index in [-0.39, 0.29) is 12.4 Å². The Bertz CT molecular complexity index is 686. The number of ether oxygens (including phenoxy) is 2. The molecule has 1 aromatic carbocycles. The lowest BCUT2D eigenvalue weighted by Crippen LogP contribution is -2.14. The Hall–Kier alpha value is -1.50. The largest absolute Gasteiger partial charge is 0.493 e. The molecule has 0 aliphatic carbocycles. The van der Waals surface area contributed by atoms with Crippen LogP contribution in [0.5, 0.6) is 11.5 Å². The van der Waals surface area contributed by atoms with Crippen LogP contribution in [0.3, 0.4) is 0 Å². The first-order valence-electron chi connectivity index (χ1n) is 8.16. The summed E-state index contributed by atoms with van der Waals surface area (Å²) in [5.74, 6) is 2.81. The summed E-state index contributed by atoms with van der Waals surface area (Å²) >= 11 is 6.25. The Morgan fingerprint density at radius 1 is 1.24 bits per heavy atom. The minimum Gasteiger partial charge on any atom is -0.493 e. The molecule has 138 valence electrons. The number of nitrogens with one attached hydrogen (secondary N) is 1. The van der Waals surface area contributed by atoms with Gasteiger partial charge in [-0.25, -0.2) is 0 Å². The van der Waals surface area contributed by atoms with Crippen LogP contribution in [0, 0.1) is 5.92 Å². The fourth-order valence-electron chi connectivity index (χ4n) is 3.04. The molecule has 6 nitrogen and oxygen atoms in total. The van der Waals surface area contributed by atoms with Gasteiger partial charge in [-0.1, -0.05) is 16.8 Å². The summed E-state index contributed by atoms with van der Waals surface area (Å²) in [6.45, 7) is 2.15. The third-order valence-corrected chi connectivity index (χ3v) is 4.60. The molecule has 0 amide bonds. The molecule has 1 aliphatic rings. The summed E-state index contributed by atoms with van der Waals surface area (Å²) in [5.41, 5.74) is 0.746. The van der Waals surface area contributed by atoms with Crippen molar-refractivity contribution in [3.05, 3.63) is 23.0 Å². The molecule has 2 heterocycles. The minimum atomic E-state index is 0. The van der Waals surface area contributed by atoms with Gasteiger partial charge in [0.05, 0.1) is 19.2 Å². The number of hydrogen-bond acceptors (Lipinski definition) is 6. The second kappa shape index (κ2) is 9.27. The molecule has 0 radical (unpaired) electrons. The fourth-order valence-corrected chi connectivity index (χ4v) is 3.33. The highest BCUT2D eigenvalue weighted by atomic mass is 35.5. The average molecular weight is 388 g/mol. The highest BCUT2D eigenvalue weighted by molar-refractivity contribution is 6.32. The van der Waals surface area contributed by atoms with E-state index < -0.39 is 0 Å². The van der Waals surface area contributed by atoms with Crippen LogP contribution in [0.4, 0.5) is 0 Å². The lowest BCUT2D eigenvalue weighted by atomic mass is 9.97. The van der Waals surface area contributed by atoms with Crippen molar-refractivity contribution < 1.29 is 14.0 Å². The monoisotopic (exact) mass is 387 g/mol. The Morgan fingerprint density at radius 3 is 2.84 bits per heavy atom. The first-order valence-corrected chi connectivity index (χ1v) is 8.54. The smallest absolute Gasteiger partial charge is 0.227 e. The summed E-state index contributed by atoms with van der Waals surface area (Å²) in [7, 11) is 3.12. The number of nitrogens with zero attached hydrogens (tertiary/aromatic N) is 2. The topological polar surface area (TPSA) is 69.4 Å². The quantitative estimate of drug-likeness (QED) is 0.841. The standard InChI is InChI=1S/C17H22ClN3O3.ClH/c1-22-14-10-12(9-13(18)16(14)23-2)17-20-15(24-21-17)8-11-4-3-6-19-7-5-11;/h9-11,19H,3-8H2,1-2H3;1H. The summed E-state index contributed by atoms with van der Waals surface area (Å²) in [5, 5.41) is 7.96. The van der Waals surface area contributed by atoms with E-state index in [4.69, 9.17) is 25.6 Å². The maximum absolute atomic E-state index is 6.25. The first kappa shape index (κ1) is 19.8. The van der Waals surface area contributed by atoms with Crippen molar-refractivity contribution in [3.8, 4) is 22.9 Å². The van der Waals surface area contributed by atoms with Gasteiger partial charge >= 0.3 is 0 Å². The summed E-state index contributed by atoms with van der Waals surface area (Å²) in [6, 6.07) is 3.56. The van der Waals surface area contributed by atoms with E-state index >= 15 is 0 Å². The van der Waals surface area contributed by atoms with Crippen LogP contribution in [0.1, 0.15) is 25.2 Å². The predicted molar refractivity (Wildman–Crippen MR) is 99.0 cm³/mol. The van der Waals surface area contributed by atoms with Crippen molar-refractivity contribution in [2.45, 2.75) is 25.7 Å². The molecule has 25 heavy (non-hydrogen) atoms. The maximum Gasteiger partial charge on any atom is 0.227 e. The summed E-state index contributed by atoms with van der Waals surface area (Å²) in [4.78, 5) is 4.52. The van der Waals surface area contributed by atoms with Crippen molar-refractivity contribution in [2.24, 2.45) is 5.92 Å². The molecule has 1 saturated heterocycles. The van der Waals surface area contributed by atoms with Crippen LogP contribution in [0.15, 0.2) is 16.7 Å². The third kappa shape index (κ3) is 4.77. The van der Waals surface area contributed by atoms with Crippen LogP contribution < -0.4 is 14.8 Å². The first-order chi connectivity index (χ1) is 11.7. The van der Waals surface area contributed by atoms with Crippen molar-refractivity contribution in [2.75, 3.05) is 27.3 Å². The number of benzene rings is 1. The van der Waals surface area contributed by atoms with Crippen LogP contribution in [-0.2, 0) is 6.42 Å². The zero-order valence-corrected chi connectivity index (χ0v) is 16.0. The number of hydrogen-bond donors (Lipinski definition) is 1. The van der Waals surface area contributed by atoms with E-state index in [0.717, 1.165) is 31.5 Å². The zero-order valence-electron chi connectivity index (χ0n) is 14.4. The Morgan fingerprint density at radius 2 is 2.08 bits per heavy atom. The molecule has 1 N–H and O–H groups in total. The Balaban J connectivity index is 0.00000225. The van der Waals surface area contributed by atoms with Crippen LogP contribution >= 0.6 is 24.0 Å².